The van der Waals surface area contributed by atoms with Crippen molar-refractivity contribution < 1.29 is 27.5 Å². The second-order valence-electron chi connectivity index (χ2n) is 5.77. The lowest BCUT2D eigenvalue weighted by molar-refractivity contribution is -0.207. The van der Waals surface area contributed by atoms with E-state index in [1.165, 1.54) is 26.0 Å². The fourth-order valence-electron chi connectivity index (χ4n) is 2.10. The minimum Gasteiger partial charge on any atom is -0.463 e. The van der Waals surface area contributed by atoms with Gasteiger partial charge in [0.1, 0.15) is 0 Å². The molecule has 0 radical (unpaired) electrons. The lowest BCUT2D eigenvalue weighted by Gasteiger charge is -2.35. The van der Waals surface area contributed by atoms with E-state index in [2.05, 4.69) is 10.1 Å². The lowest BCUT2D eigenvalue weighted by Crippen LogP contribution is -2.69. The number of esters is 1. The summed E-state index contributed by atoms with van der Waals surface area (Å²) in [5.41, 5.74) is -2.39. The molecule has 8 heteroatoms. The first-order chi connectivity index (χ1) is 11.6. The van der Waals surface area contributed by atoms with Crippen LogP contribution < -0.4 is 10.6 Å². The summed E-state index contributed by atoms with van der Waals surface area (Å²) in [6, 6.07) is 6.15. The number of anilines is 1. The Bertz CT molecular complexity index is 600. The third kappa shape index (κ3) is 4.87. The Hall–Kier alpha value is -2.25. The minimum atomic E-state index is -5.11. The molecule has 0 aliphatic carbocycles. The number of hydrogen-bond donors (Lipinski definition) is 2. The van der Waals surface area contributed by atoms with Crippen LogP contribution in [0.15, 0.2) is 24.3 Å². The van der Waals surface area contributed by atoms with E-state index in [0.29, 0.717) is 0 Å². The predicted octanol–water partition coefficient (Wildman–Crippen LogP) is 3.57. The van der Waals surface area contributed by atoms with Crippen molar-refractivity contribution in [2.45, 2.75) is 51.9 Å². The monoisotopic (exact) mass is 360 g/mol. The Kier molecular flexibility index (Phi) is 6.84. The maximum absolute atomic E-state index is 13.8. The fourth-order valence-corrected chi connectivity index (χ4v) is 2.10. The van der Waals surface area contributed by atoms with Gasteiger partial charge < -0.3 is 15.4 Å². The third-order valence-corrected chi connectivity index (χ3v) is 3.56. The highest BCUT2D eigenvalue weighted by Gasteiger charge is 2.63. The summed E-state index contributed by atoms with van der Waals surface area (Å²) in [5, 5.41) is 3.86. The number of halogens is 3. The van der Waals surface area contributed by atoms with Crippen LogP contribution in [0.5, 0.6) is 0 Å². The van der Waals surface area contributed by atoms with E-state index in [9.17, 15) is 22.8 Å². The summed E-state index contributed by atoms with van der Waals surface area (Å²) in [7, 11) is 0. The Morgan fingerprint density at radius 3 is 2.08 bits per heavy atom. The Morgan fingerprint density at radius 1 is 1.12 bits per heavy atom. The first kappa shape index (κ1) is 20.8. The topological polar surface area (TPSA) is 67.4 Å². The van der Waals surface area contributed by atoms with Crippen molar-refractivity contribution in [2.24, 2.45) is 0 Å². The van der Waals surface area contributed by atoms with Gasteiger partial charge in [-0.3, -0.25) is 4.79 Å². The molecule has 5 nitrogen and oxygen atoms in total. The molecule has 140 valence electrons. The average molecular weight is 360 g/mol. The van der Waals surface area contributed by atoms with Crippen LogP contribution in [0.25, 0.3) is 0 Å². The Labute approximate surface area is 144 Å². The molecule has 1 aromatic carbocycles. The van der Waals surface area contributed by atoms with Gasteiger partial charge in [0.2, 0.25) is 5.91 Å². The second kappa shape index (κ2) is 8.22. The molecule has 0 fully saturated rings. The van der Waals surface area contributed by atoms with Crippen LogP contribution in [-0.2, 0) is 14.3 Å². The zero-order chi connectivity index (χ0) is 19.3. The second-order valence-corrected chi connectivity index (χ2v) is 5.77. The van der Waals surface area contributed by atoms with Gasteiger partial charge in [0.25, 0.3) is 0 Å². The molecule has 0 heterocycles. The summed E-state index contributed by atoms with van der Waals surface area (Å²) < 4.78 is 45.9. The molecule has 0 saturated heterocycles. The molecule has 0 aliphatic rings. The van der Waals surface area contributed by atoms with Crippen molar-refractivity contribution in [3.05, 3.63) is 29.8 Å². The first-order valence-electron chi connectivity index (χ1n) is 8.00. The predicted molar refractivity (Wildman–Crippen MR) is 88.0 cm³/mol. The van der Waals surface area contributed by atoms with Crippen molar-refractivity contribution in [3.8, 4) is 0 Å². The van der Waals surface area contributed by atoms with E-state index in [-0.39, 0.29) is 24.6 Å². The van der Waals surface area contributed by atoms with E-state index in [1.54, 1.807) is 17.4 Å². The minimum absolute atomic E-state index is 0.0335. The summed E-state index contributed by atoms with van der Waals surface area (Å²) in [5.74, 6) is -2.35. The molecule has 0 aliphatic heterocycles. The van der Waals surface area contributed by atoms with Crippen molar-refractivity contribution in [1.82, 2.24) is 5.32 Å². The Balaban J connectivity index is 3.32. The number of hydrogen-bond acceptors (Lipinski definition) is 4. The van der Waals surface area contributed by atoms with E-state index in [4.69, 9.17) is 0 Å². The Morgan fingerprint density at radius 2 is 1.68 bits per heavy atom. The van der Waals surface area contributed by atoms with Crippen LogP contribution >= 0.6 is 0 Å². The quantitative estimate of drug-likeness (QED) is 0.576. The summed E-state index contributed by atoms with van der Waals surface area (Å²) in [6.07, 6.45) is -5.33. The van der Waals surface area contributed by atoms with Crippen LogP contribution in [0, 0.1) is 0 Å². The van der Waals surface area contributed by atoms with E-state index < -0.39 is 23.7 Å². The maximum atomic E-state index is 13.8. The molecule has 2 N–H and O–H groups in total. The van der Waals surface area contributed by atoms with Crippen LogP contribution in [0.3, 0.4) is 0 Å². The summed E-state index contributed by atoms with van der Waals surface area (Å²) in [4.78, 5) is 23.8. The summed E-state index contributed by atoms with van der Waals surface area (Å²) in [6.45, 7) is 6.41. The van der Waals surface area contributed by atoms with Gasteiger partial charge in [0, 0.05) is 12.1 Å². The molecular weight excluding hydrogens is 337 g/mol. The zero-order valence-electron chi connectivity index (χ0n) is 14.7. The van der Waals surface area contributed by atoms with Crippen LogP contribution in [0.2, 0.25) is 0 Å². The number of ether oxygens (including phenoxy) is 1. The molecule has 1 amide bonds. The first-order valence-corrected chi connectivity index (χ1v) is 8.00. The highest BCUT2D eigenvalue weighted by molar-refractivity contribution is 5.91. The fraction of sp³-hybridized carbons (Fsp3) is 0.529. The molecule has 0 spiro atoms. The average Bonchev–Trinajstić information content (AvgIpc) is 2.53. The van der Waals surface area contributed by atoms with Crippen molar-refractivity contribution >= 4 is 17.6 Å². The van der Waals surface area contributed by atoms with Gasteiger partial charge in [0.05, 0.1) is 6.61 Å². The molecule has 0 bridgehead atoms. The number of rotatable bonds is 7. The van der Waals surface area contributed by atoms with E-state index in [0.717, 1.165) is 5.56 Å². The number of amides is 1. The van der Waals surface area contributed by atoms with Gasteiger partial charge in [0.15, 0.2) is 0 Å². The molecule has 0 unspecified atom stereocenters. The number of nitrogens with one attached hydrogen (secondary N) is 2. The molecule has 0 saturated carbocycles. The van der Waals surface area contributed by atoms with Gasteiger partial charge in [-0.05, 0) is 30.5 Å². The van der Waals surface area contributed by atoms with Crippen molar-refractivity contribution in [1.29, 1.82) is 0 Å². The standard InChI is InChI=1S/C17H23F3N2O3/c1-5-14(23)22-16(17(18,19)20,15(24)25-6-2)21-13-9-7-12(8-10-13)11(3)4/h7-11,21H,5-6H2,1-4H3,(H,22,23)/t16-/m0/s1. The number of alkyl halides is 3. The highest BCUT2D eigenvalue weighted by atomic mass is 19.4. The maximum Gasteiger partial charge on any atom is 0.441 e. The smallest absolute Gasteiger partial charge is 0.441 e. The lowest BCUT2D eigenvalue weighted by atomic mass is 10.0. The van der Waals surface area contributed by atoms with Crippen molar-refractivity contribution in [3.63, 3.8) is 0 Å². The third-order valence-electron chi connectivity index (χ3n) is 3.56. The zero-order valence-corrected chi connectivity index (χ0v) is 14.7. The van der Waals surface area contributed by atoms with Gasteiger partial charge >= 0.3 is 17.8 Å². The molecule has 25 heavy (non-hydrogen) atoms. The molecule has 1 rings (SSSR count). The van der Waals surface area contributed by atoms with Crippen LogP contribution in [0.1, 0.15) is 45.6 Å². The van der Waals surface area contributed by atoms with E-state index in [1.807, 2.05) is 13.8 Å². The molecule has 1 atom stereocenters. The van der Waals surface area contributed by atoms with Gasteiger partial charge in [-0.1, -0.05) is 32.9 Å². The highest BCUT2D eigenvalue weighted by Crippen LogP contribution is 2.33. The van der Waals surface area contributed by atoms with Gasteiger partial charge in [-0.2, -0.15) is 13.2 Å². The SMILES string of the molecule is CCOC(=O)[C@@](NC(=O)CC)(Nc1ccc(C(C)C)cc1)C(F)(F)F. The number of benzene rings is 1. The normalized spacial score (nSPS) is 13.9. The molecule has 1 aromatic rings. The van der Waals surface area contributed by atoms with Gasteiger partial charge in [-0.15, -0.1) is 0 Å². The van der Waals surface area contributed by atoms with Crippen molar-refractivity contribution in [2.75, 3.05) is 11.9 Å². The van der Waals surface area contributed by atoms with E-state index >= 15 is 0 Å². The van der Waals surface area contributed by atoms with Crippen LogP contribution in [-0.4, -0.2) is 30.3 Å². The largest absolute Gasteiger partial charge is 0.463 e. The number of carbonyl (C=O) groups is 2. The van der Waals surface area contributed by atoms with Gasteiger partial charge in [-0.25, -0.2) is 4.79 Å². The summed E-state index contributed by atoms with van der Waals surface area (Å²) >= 11 is 0. The molecular formula is C17H23F3N2O3. The molecule has 0 aromatic heterocycles. The van der Waals surface area contributed by atoms with Crippen LogP contribution in [0.4, 0.5) is 18.9 Å². The number of carbonyl (C=O) groups excluding carboxylic acids is 2.